The van der Waals surface area contributed by atoms with Gasteiger partial charge < -0.3 is 21.2 Å². The predicted molar refractivity (Wildman–Crippen MR) is 62.7 cm³/mol. The summed E-state index contributed by atoms with van der Waals surface area (Å²) in [6.45, 7) is 3.90. The molecule has 0 aromatic heterocycles. The van der Waals surface area contributed by atoms with Crippen LogP contribution in [0, 0.1) is 5.41 Å². The second-order valence-electron chi connectivity index (χ2n) is 3.74. The van der Waals surface area contributed by atoms with Crippen LogP contribution in [-0.4, -0.2) is 23.4 Å². The molecule has 0 atom stereocenters. The summed E-state index contributed by atoms with van der Waals surface area (Å²) in [7, 11) is -1.59. The molecule has 0 aliphatic rings. The first-order valence-electron chi connectivity index (χ1n) is 4.78. The van der Waals surface area contributed by atoms with E-state index in [-0.39, 0.29) is 5.92 Å². The van der Waals surface area contributed by atoms with Gasteiger partial charge in [-0.1, -0.05) is 19.9 Å². The zero-order chi connectivity index (χ0) is 11.6. The first-order valence-corrected chi connectivity index (χ1v) is 4.78. The van der Waals surface area contributed by atoms with Crippen molar-refractivity contribution in [2.24, 2.45) is 0 Å². The van der Waals surface area contributed by atoms with Crippen molar-refractivity contribution in [2.75, 3.05) is 5.73 Å². The molecule has 0 aliphatic heterocycles. The molecule has 0 radical (unpaired) electrons. The number of nitrogens with two attached hydrogens (primary N) is 1. The number of rotatable bonds is 3. The van der Waals surface area contributed by atoms with Crippen LogP contribution in [-0.2, 0) is 0 Å². The van der Waals surface area contributed by atoms with E-state index < -0.39 is 7.12 Å². The highest BCUT2D eigenvalue weighted by atomic mass is 16.4. The Morgan fingerprint density at radius 3 is 2.40 bits per heavy atom. The molecule has 0 unspecified atom stereocenters. The standard InChI is InChI=1S/C10H15BN2O2/c1-6(2)7-3-4-9(13)8(5-12)10(7)11(14)15/h3-6,12,14-15H,13H2,1-2H3. The third-order valence-corrected chi connectivity index (χ3v) is 2.38. The number of hydrogen-bond donors (Lipinski definition) is 4. The van der Waals surface area contributed by atoms with Crippen LogP contribution in [0.15, 0.2) is 12.1 Å². The van der Waals surface area contributed by atoms with E-state index in [9.17, 15) is 10.0 Å². The molecule has 1 aromatic carbocycles. The highest BCUT2D eigenvalue weighted by molar-refractivity contribution is 6.61. The Kier molecular flexibility index (Phi) is 3.50. The Bertz CT molecular complexity index is 378. The van der Waals surface area contributed by atoms with Crippen molar-refractivity contribution in [2.45, 2.75) is 19.8 Å². The van der Waals surface area contributed by atoms with Gasteiger partial charge in [-0.25, -0.2) is 0 Å². The lowest BCUT2D eigenvalue weighted by molar-refractivity contribution is 0.425. The van der Waals surface area contributed by atoms with E-state index in [1.807, 2.05) is 13.8 Å². The molecule has 4 nitrogen and oxygen atoms in total. The number of anilines is 1. The molecule has 15 heavy (non-hydrogen) atoms. The van der Waals surface area contributed by atoms with Crippen LogP contribution in [0.4, 0.5) is 5.69 Å². The van der Waals surface area contributed by atoms with Crippen molar-refractivity contribution in [1.82, 2.24) is 0 Å². The maximum absolute atomic E-state index is 9.29. The lowest BCUT2D eigenvalue weighted by Gasteiger charge is -2.16. The van der Waals surface area contributed by atoms with Gasteiger partial charge in [0.15, 0.2) is 0 Å². The predicted octanol–water partition coefficient (Wildman–Crippen LogP) is 0.0697. The summed E-state index contributed by atoms with van der Waals surface area (Å²) < 4.78 is 0. The fraction of sp³-hybridized carbons (Fsp3) is 0.300. The van der Waals surface area contributed by atoms with Crippen molar-refractivity contribution in [3.8, 4) is 0 Å². The number of nitrogens with one attached hydrogen (secondary N) is 1. The third kappa shape index (κ3) is 2.19. The summed E-state index contributed by atoms with van der Waals surface area (Å²) in [5.74, 6) is 0.154. The second kappa shape index (κ2) is 4.46. The van der Waals surface area contributed by atoms with Gasteiger partial charge in [0.25, 0.3) is 0 Å². The number of benzene rings is 1. The second-order valence-corrected chi connectivity index (χ2v) is 3.74. The zero-order valence-electron chi connectivity index (χ0n) is 8.86. The van der Waals surface area contributed by atoms with Gasteiger partial charge in [-0.15, -0.1) is 0 Å². The summed E-state index contributed by atoms with van der Waals surface area (Å²) >= 11 is 0. The molecule has 0 bridgehead atoms. The quantitative estimate of drug-likeness (QED) is 0.320. The minimum Gasteiger partial charge on any atom is -0.423 e. The van der Waals surface area contributed by atoms with E-state index in [0.29, 0.717) is 16.7 Å². The monoisotopic (exact) mass is 206 g/mol. The Labute approximate surface area is 89.4 Å². The summed E-state index contributed by atoms with van der Waals surface area (Å²) in [6.07, 6.45) is 1.05. The summed E-state index contributed by atoms with van der Waals surface area (Å²) in [4.78, 5) is 0. The first-order chi connectivity index (χ1) is 6.99. The lowest BCUT2D eigenvalue weighted by Crippen LogP contribution is -2.37. The minimum absolute atomic E-state index is 0.154. The Morgan fingerprint density at radius 2 is 2.00 bits per heavy atom. The molecule has 5 N–H and O–H groups in total. The van der Waals surface area contributed by atoms with Crippen LogP contribution in [0.5, 0.6) is 0 Å². The molecule has 0 heterocycles. The van der Waals surface area contributed by atoms with E-state index in [1.165, 1.54) is 0 Å². The number of nitrogen functional groups attached to an aromatic ring is 1. The van der Waals surface area contributed by atoms with E-state index in [0.717, 1.165) is 11.8 Å². The average molecular weight is 206 g/mol. The van der Waals surface area contributed by atoms with E-state index in [2.05, 4.69) is 0 Å². The van der Waals surface area contributed by atoms with Crippen LogP contribution < -0.4 is 11.2 Å². The fourth-order valence-corrected chi connectivity index (χ4v) is 1.62. The van der Waals surface area contributed by atoms with Crippen molar-refractivity contribution in [3.63, 3.8) is 0 Å². The van der Waals surface area contributed by atoms with Gasteiger partial charge in [0.2, 0.25) is 0 Å². The Morgan fingerprint density at radius 1 is 1.40 bits per heavy atom. The molecule has 0 spiro atoms. The van der Waals surface area contributed by atoms with Gasteiger partial charge in [-0.05, 0) is 23.0 Å². The lowest BCUT2D eigenvalue weighted by atomic mass is 9.71. The van der Waals surface area contributed by atoms with Gasteiger partial charge in [-0.3, -0.25) is 0 Å². The molecular formula is C10H15BN2O2. The van der Waals surface area contributed by atoms with Crippen LogP contribution in [0.25, 0.3) is 0 Å². The molecule has 1 aromatic rings. The van der Waals surface area contributed by atoms with Crippen molar-refractivity contribution in [1.29, 1.82) is 5.41 Å². The molecule has 0 aliphatic carbocycles. The fourth-order valence-electron chi connectivity index (χ4n) is 1.62. The van der Waals surface area contributed by atoms with Gasteiger partial charge in [0.1, 0.15) is 0 Å². The SMILES string of the molecule is CC(C)c1ccc(N)c(C=N)c1B(O)O. The highest BCUT2D eigenvalue weighted by Gasteiger charge is 2.22. The summed E-state index contributed by atoms with van der Waals surface area (Å²) in [5.41, 5.74) is 7.57. The van der Waals surface area contributed by atoms with E-state index in [4.69, 9.17) is 11.1 Å². The van der Waals surface area contributed by atoms with Gasteiger partial charge >= 0.3 is 7.12 Å². The maximum Gasteiger partial charge on any atom is 0.489 e. The Balaban J connectivity index is 3.49. The molecular weight excluding hydrogens is 191 g/mol. The van der Waals surface area contributed by atoms with E-state index in [1.54, 1.807) is 12.1 Å². The molecule has 80 valence electrons. The normalized spacial score (nSPS) is 10.5. The van der Waals surface area contributed by atoms with Gasteiger partial charge in [0, 0.05) is 17.5 Å². The summed E-state index contributed by atoms with van der Waals surface area (Å²) in [6, 6.07) is 3.45. The zero-order valence-corrected chi connectivity index (χ0v) is 8.86. The largest absolute Gasteiger partial charge is 0.489 e. The van der Waals surface area contributed by atoms with Crippen LogP contribution in [0.1, 0.15) is 30.9 Å². The Hall–Kier alpha value is -1.33. The van der Waals surface area contributed by atoms with Gasteiger partial charge in [-0.2, -0.15) is 0 Å². The summed E-state index contributed by atoms with van der Waals surface area (Å²) in [5, 5.41) is 25.8. The van der Waals surface area contributed by atoms with Crippen LogP contribution >= 0.6 is 0 Å². The highest BCUT2D eigenvalue weighted by Crippen LogP contribution is 2.17. The molecule has 0 saturated carbocycles. The molecule has 1 rings (SSSR count). The van der Waals surface area contributed by atoms with Crippen molar-refractivity contribution in [3.05, 3.63) is 23.3 Å². The smallest absolute Gasteiger partial charge is 0.423 e. The molecule has 0 saturated heterocycles. The third-order valence-electron chi connectivity index (χ3n) is 2.38. The molecule has 0 fully saturated rings. The first kappa shape index (κ1) is 11.7. The van der Waals surface area contributed by atoms with Crippen molar-refractivity contribution >= 4 is 24.5 Å². The number of hydrogen-bond acceptors (Lipinski definition) is 4. The average Bonchev–Trinajstić information content (AvgIpc) is 2.16. The van der Waals surface area contributed by atoms with Crippen LogP contribution in [0.2, 0.25) is 0 Å². The topological polar surface area (TPSA) is 90.3 Å². The van der Waals surface area contributed by atoms with E-state index >= 15 is 0 Å². The van der Waals surface area contributed by atoms with Crippen molar-refractivity contribution < 1.29 is 10.0 Å². The van der Waals surface area contributed by atoms with Crippen LogP contribution in [0.3, 0.4) is 0 Å². The minimum atomic E-state index is -1.59. The van der Waals surface area contributed by atoms with Gasteiger partial charge in [0.05, 0.1) is 0 Å². The molecule has 0 amide bonds. The maximum atomic E-state index is 9.29. The molecule has 5 heteroatoms.